The summed E-state index contributed by atoms with van der Waals surface area (Å²) in [4.78, 5) is 54.4. The van der Waals surface area contributed by atoms with Gasteiger partial charge in [0.15, 0.2) is 0 Å². The second-order valence-corrected chi connectivity index (χ2v) is 7.25. The van der Waals surface area contributed by atoms with Crippen LogP contribution in [0.5, 0.6) is 0 Å². The van der Waals surface area contributed by atoms with E-state index in [0.717, 1.165) is 0 Å². The zero-order valence-electron chi connectivity index (χ0n) is 16.4. The number of rotatable bonds is 5. The van der Waals surface area contributed by atoms with Crippen LogP contribution in [-0.4, -0.2) is 84.3 Å². The maximum atomic E-state index is 12.8. The lowest BCUT2D eigenvalue weighted by molar-refractivity contribution is -0.133. The van der Waals surface area contributed by atoms with Crippen molar-refractivity contribution in [1.29, 1.82) is 0 Å². The summed E-state index contributed by atoms with van der Waals surface area (Å²) in [5, 5.41) is 0. The smallest absolute Gasteiger partial charge is 0.261 e. The van der Waals surface area contributed by atoms with Crippen molar-refractivity contribution in [3.05, 3.63) is 34.9 Å². The quantitative estimate of drug-likeness (QED) is 0.704. The first kappa shape index (κ1) is 20.0. The first-order valence-corrected chi connectivity index (χ1v) is 9.43. The summed E-state index contributed by atoms with van der Waals surface area (Å²) in [6, 6.07) is 4.41. The molecule has 0 unspecified atom stereocenters. The Labute approximate surface area is 164 Å². The van der Waals surface area contributed by atoms with Gasteiger partial charge in [-0.1, -0.05) is 0 Å². The molecule has 4 amide bonds. The fourth-order valence-corrected chi connectivity index (χ4v) is 3.55. The monoisotopic (exact) mass is 387 g/mol. The fraction of sp³-hybridized carbons (Fsp3) is 0.500. The van der Waals surface area contributed by atoms with E-state index in [0.29, 0.717) is 50.3 Å². The molecule has 2 heterocycles. The molecule has 0 atom stereocenters. The molecule has 0 spiro atoms. The molecule has 1 saturated heterocycles. The van der Waals surface area contributed by atoms with Crippen LogP contribution in [0.4, 0.5) is 0 Å². The fourth-order valence-electron chi connectivity index (χ4n) is 3.55. The number of carbonyl (C=O) groups excluding carboxylic acids is 4. The van der Waals surface area contributed by atoms with Crippen molar-refractivity contribution in [3.63, 3.8) is 0 Å². The second kappa shape index (κ2) is 8.10. The van der Waals surface area contributed by atoms with Gasteiger partial charge in [-0.2, -0.15) is 0 Å². The van der Waals surface area contributed by atoms with E-state index in [1.807, 2.05) is 0 Å². The Hall–Kier alpha value is -2.74. The lowest BCUT2D eigenvalue weighted by Crippen LogP contribution is -2.50. The molecule has 0 N–H and O–H groups in total. The highest BCUT2D eigenvalue weighted by Crippen LogP contribution is 2.26. The lowest BCUT2D eigenvalue weighted by atomic mass is 10.0. The van der Waals surface area contributed by atoms with E-state index < -0.39 is 0 Å². The zero-order chi connectivity index (χ0) is 20.4. The highest BCUT2D eigenvalue weighted by Gasteiger charge is 2.37. The van der Waals surface area contributed by atoms with Gasteiger partial charge in [0.1, 0.15) is 0 Å². The molecule has 2 aliphatic rings. The van der Waals surface area contributed by atoms with Gasteiger partial charge in [-0.15, -0.1) is 0 Å². The predicted octanol–water partition coefficient (Wildman–Crippen LogP) is 1.01. The number of nitrogens with zero attached hydrogens (tertiary/aromatic N) is 3. The first-order valence-electron chi connectivity index (χ1n) is 9.43. The predicted molar refractivity (Wildman–Crippen MR) is 101 cm³/mol. The molecule has 0 aromatic heterocycles. The van der Waals surface area contributed by atoms with Crippen molar-refractivity contribution in [2.75, 3.05) is 39.9 Å². The normalized spacial score (nSPS) is 16.8. The van der Waals surface area contributed by atoms with Gasteiger partial charge >= 0.3 is 0 Å². The van der Waals surface area contributed by atoms with Crippen molar-refractivity contribution in [2.45, 2.75) is 26.3 Å². The summed E-state index contributed by atoms with van der Waals surface area (Å²) >= 11 is 0. The molecule has 0 saturated carbocycles. The highest BCUT2D eigenvalue weighted by atomic mass is 16.5. The van der Waals surface area contributed by atoms with Gasteiger partial charge in [0.25, 0.3) is 17.7 Å². The van der Waals surface area contributed by atoms with Crippen LogP contribution in [0.3, 0.4) is 0 Å². The van der Waals surface area contributed by atoms with Crippen LogP contribution >= 0.6 is 0 Å². The zero-order valence-corrected chi connectivity index (χ0v) is 16.4. The van der Waals surface area contributed by atoms with Crippen LogP contribution < -0.4 is 0 Å². The van der Waals surface area contributed by atoms with Crippen molar-refractivity contribution in [3.8, 4) is 0 Å². The third-order valence-electron chi connectivity index (χ3n) is 5.12. The van der Waals surface area contributed by atoms with Crippen molar-refractivity contribution in [1.82, 2.24) is 14.7 Å². The molecule has 8 heteroatoms. The molecule has 8 nitrogen and oxygen atoms in total. The third-order valence-corrected chi connectivity index (χ3v) is 5.12. The molecule has 1 aromatic carbocycles. The Morgan fingerprint density at radius 3 is 2.21 bits per heavy atom. The Bertz CT molecular complexity index is 812. The molecule has 3 rings (SSSR count). The van der Waals surface area contributed by atoms with E-state index in [1.165, 1.54) is 11.0 Å². The van der Waals surface area contributed by atoms with Gasteiger partial charge in [-0.3, -0.25) is 24.1 Å². The number of piperazine rings is 1. The Morgan fingerprint density at radius 2 is 1.61 bits per heavy atom. The number of carbonyl (C=O) groups is 4. The van der Waals surface area contributed by atoms with E-state index in [-0.39, 0.29) is 35.2 Å². The largest absolute Gasteiger partial charge is 0.384 e. The van der Waals surface area contributed by atoms with Crippen molar-refractivity contribution in [2.24, 2.45) is 0 Å². The summed E-state index contributed by atoms with van der Waals surface area (Å²) < 4.78 is 4.93. The van der Waals surface area contributed by atoms with Crippen LogP contribution in [0.25, 0.3) is 0 Å². The van der Waals surface area contributed by atoms with Gasteiger partial charge in [0.05, 0.1) is 24.2 Å². The average Bonchev–Trinajstić information content (AvgIpc) is 2.95. The lowest BCUT2D eigenvalue weighted by Gasteiger charge is -2.35. The van der Waals surface area contributed by atoms with E-state index >= 15 is 0 Å². The minimum absolute atomic E-state index is 0.0179. The van der Waals surface area contributed by atoms with Crippen LogP contribution in [0.2, 0.25) is 0 Å². The van der Waals surface area contributed by atoms with Crippen LogP contribution in [-0.2, 0) is 9.53 Å². The van der Waals surface area contributed by atoms with Crippen LogP contribution in [0, 0.1) is 0 Å². The molecule has 1 fully saturated rings. The number of fused-ring (bicyclic) bond motifs is 1. The van der Waals surface area contributed by atoms with Gasteiger partial charge in [0, 0.05) is 44.9 Å². The summed E-state index contributed by atoms with van der Waals surface area (Å²) in [6.07, 6.45) is 0.331. The first-order chi connectivity index (χ1) is 13.3. The average molecular weight is 387 g/mol. The number of ether oxygens (including phenoxy) is 1. The molecule has 28 heavy (non-hydrogen) atoms. The standard InChI is InChI=1S/C20H25N3O5/c1-13(2)23-19(26)15-5-4-14(12-16(15)20(23)27)18(25)22-9-7-21(8-10-22)17(24)6-11-28-3/h4-5,12-13H,6-11H2,1-3H3. The SMILES string of the molecule is COCCC(=O)N1CCN(C(=O)c2ccc3c(c2)C(=O)N(C(C)C)C3=O)CC1. The van der Waals surface area contributed by atoms with Crippen molar-refractivity contribution < 1.29 is 23.9 Å². The Morgan fingerprint density at radius 1 is 1.00 bits per heavy atom. The van der Waals surface area contributed by atoms with E-state index in [2.05, 4.69) is 0 Å². The van der Waals surface area contributed by atoms with Crippen molar-refractivity contribution >= 4 is 23.6 Å². The second-order valence-electron chi connectivity index (χ2n) is 7.25. The number of methoxy groups -OCH3 is 1. The summed E-state index contributed by atoms with van der Waals surface area (Å²) in [7, 11) is 1.55. The molecule has 150 valence electrons. The Kier molecular flexibility index (Phi) is 5.79. The number of benzene rings is 1. The molecule has 1 aromatic rings. The van der Waals surface area contributed by atoms with E-state index in [1.54, 1.807) is 42.9 Å². The minimum Gasteiger partial charge on any atom is -0.384 e. The third kappa shape index (κ3) is 3.64. The maximum Gasteiger partial charge on any atom is 0.261 e. The number of imide groups is 1. The van der Waals surface area contributed by atoms with Gasteiger partial charge in [-0.05, 0) is 32.0 Å². The summed E-state index contributed by atoms with van der Waals surface area (Å²) in [6.45, 7) is 5.74. The number of hydrogen-bond acceptors (Lipinski definition) is 5. The molecule has 2 aliphatic heterocycles. The van der Waals surface area contributed by atoms with Crippen LogP contribution in [0.15, 0.2) is 18.2 Å². The maximum absolute atomic E-state index is 12.8. The van der Waals surface area contributed by atoms with E-state index in [9.17, 15) is 19.2 Å². The highest BCUT2D eigenvalue weighted by molar-refractivity contribution is 6.22. The molecule has 0 aliphatic carbocycles. The number of hydrogen-bond donors (Lipinski definition) is 0. The van der Waals surface area contributed by atoms with Crippen LogP contribution in [0.1, 0.15) is 51.3 Å². The number of amides is 4. The molecule has 0 radical (unpaired) electrons. The summed E-state index contributed by atoms with van der Waals surface area (Å²) in [5.74, 6) is -0.866. The van der Waals surface area contributed by atoms with E-state index in [4.69, 9.17) is 4.74 Å². The summed E-state index contributed by atoms with van der Waals surface area (Å²) in [5.41, 5.74) is 0.992. The minimum atomic E-state index is -0.363. The topological polar surface area (TPSA) is 87.2 Å². The van der Waals surface area contributed by atoms with Gasteiger partial charge in [0.2, 0.25) is 5.91 Å². The van der Waals surface area contributed by atoms with Gasteiger partial charge in [-0.25, -0.2) is 0 Å². The molecular weight excluding hydrogens is 362 g/mol. The molecule has 0 bridgehead atoms. The van der Waals surface area contributed by atoms with Gasteiger partial charge < -0.3 is 14.5 Å². The molecular formula is C20H25N3O5. The Balaban J connectivity index is 1.68.